The summed E-state index contributed by atoms with van der Waals surface area (Å²) in [5.41, 5.74) is 1.71. The van der Waals surface area contributed by atoms with E-state index in [4.69, 9.17) is 5.11 Å². The number of carbonyl (C=O) groups is 1. The average Bonchev–Trinajstić information content (AvgIpc) is 2.67. The lowest BCUT2D eigenvalue weighted by Crippen LogP contribution is -2.30. The fraction of sp³-hybridized carbons (Fsp3) is 0.308. The fourth-order valence-corrected chi connectivity index (χ4v) is 1.77. The van der Waals surface area contributed by atoms with Gasteiger partial charge in [0.15, 0.2) is 0 Å². The second-order valence-corrected chi connectivity index (χ2v) is 4.26. The van der Waals surface area contributed by atoms with E-state index in [0.717, 1.165) is 10.9 Å². The maximum Gasteiger partial charge on any atom is 0.251 e. The van der Waals surface area contributed by atoms with Gasteiger partial charge in [0.1, 0.15) is 0 Å². The smallest absolute Gasteiger partial charge is 0.251 e. The van der Waals surface area contributed by atoms with Crippen LogP contribution in [-0.2, 0) is 7.05 Å². The summed E-state index contributed by atoms with van der Waals surface area (Å²) in [5.74, 6) is -0.156. The van der Waals surface area contributed by atoms with E-state index in [1.807, 2.05) is 36.0 Å². The molecule has 1 unspecified atom stereocenters. The number of rotatable bonds is 3. The van der Waals surface area contributed by atoms with Crippen molar-refractivity contribution < 1.29 is 9.90 Å². The van der Waals surface area contributed by atoms with E-state index in [1.54, 1.807) is 13.0 Å². The van der Waals surface area contributed by atoms with Crippen LogP contribution in [0.15, 0.2) is 30.5 Å². The maximum absolute atomic E-state index is 11.8. The van der Waals surface area contributed by atoms with Gasteiger partial charge in [-0.05, 0) is 31.2 Å². The minimum atomic E-state index is -0.528. The molecule has 1 aromatic carbocycles. The summed E-state index contributed by atoms with van der Waals surface area (Å²) >= 11 is 0. The highest BCUT2D eigenvalue weighted by molar-refractivity contribution is 5.98. The van der Waals surface area contributed by atoms with Crippen LogP contribution in [0.2, 0.25) is 0 Å². The number of aromatic nitrogens is 1. The molecule has 2 rings (SSSR count). The third-order valence-electron chi connectivity index (χ3n) is 2.71. The summed E-state index contributed by atoms with van der Waals surface area (Å²) in [6.07, 6.45) is 1.43. The Morgan fingerprint density at radius 2 is 2.24 bits per heavy atom. The van der Waals surface area contributed by atoms with Gasteiger partial charge in [0.2, 0.25) is 0 Å². The van der Waals surface area contributed by atoms with Crippen molar-refractivity contribution in [2.45, 2.75) is 13.0 Å². The number of carbonyl (C=O) groups excluding carboxylic acids is 1. The Bertz CT molecular complexity index is 543. The van der Waals surface area contributed by atoms with Gasteiger partial charge in [0, 0.05) is 36.3 Å². The Kier molecular flexibility index (Phi) is 3.15. The van der Waals surface area contributed by atoms with Gasteiger partial charge < -0.3 is 15.0 Å². The van der Waals surface area contributed by atoms with Crippen molar-refractivity contribution >= 4 is 16.8 Å². The van der Waals surface area contributed by atoms with Crippen molar-refractivity contribution in [3.05, 3.63) is 36.0 Å². The molecule has 0 saturated heterocycles. The van der Waals surface area contributed by atoms with E-state index in [2.05, 4.69) is 5.32 Å². The van der Waals surface area contributed by atoms with Crippen molar-refractivity contribution in [1.29, 1.82) is 0 Å². The Morgan fingerprint density at radius 1 is 1.47 bits per heavy atom. The molecule has 0 saturated carbocycles. The van der Waals surface area contributed by atoms with Crippen LogP contribution in [0, 0.1) is 0 Å². The van der Waals surface area contributed by atoms with Gasteiger partial charge in [-0.25, -0.2) is 0 Å². The first kappa shape index (κ1) is 11.7. The molecular weight excluding hydrogens is 216 g/mol. The van der Waals surface area contributed by atoms with Gasteiger partial charge in [-0.3, -0.25) is 4.79 Å². The molecule has 0 spiro atoms. The third kappa shape index (κ3) is 2.47. The van der Waals surface area contributed by atoms with Crippen LogP contribution >= 0.6 is 0 Å². The Balaban J connectivity index is 2.21. The lowest BCUT2D eigenvalue weighted by atomic mass is 10.1. The highest BCUT2D eigenvalue weighted by atomic mass is 16.3. The first-order chi connectivity index (χ1) is 8.08. The van der Waals surface area contributed by atoms with Gasteiger partial charge in [0.25, 0.3) is 5.91 Å². The number of nitrogens with one attached hydrogen (secondary N) is 1. The molecule has 0 aliphatic carbocycles. The van der Waals surface area contributed by atoms with Gasteiger partial charge in [-0.1, -0.05) is 0 Å². The predicted molar refractivity (Wildman–Crippen MR) is 66.9 cm³/mol. The molecule has 1 amide bonds. The molecule has 90 valence electrons. The minimum Gasteiger partial charge on any atom is -0.392 e. The summed E-state index contributed by atoms with van der Waals surface area (Å²) in [5, 5.41) is 12.8. The summed E-state index contributed by atoms with van der Waals surface area (Å²) in [6.45, 7) is 1.91. The number of hydrogen-bond acceptors (Lipinski definition) is 2. The first-order valence-corrected chi connectivity index (χ1v) is 5.59. The number of aliphatic hydroxyl groups excluding tert-OH is 1. The van der Waals surface area contributed by atoms with Crippen LogP contribution in [0.3, 0.4) is 0 Å². The summed E-state index contributed by atoms with van der Waals surface area (Å²) < 4.78 is 2.01. The van der Waals surface area contributed by atoms with E-state index in [0.29, 0.717) is 5.56 Å². The quantitative estimate of drug-likeness (QED) is 0.837. The molecule has 1 aromatic heterocycles. The average molecular weight is 232 g/mol. The summed E-state index contributed by atoms with van der Waals surface area (Å²) in [4.78, 5) is 11.8. The molecule has 1 heterocycles. The van der Waals surface area contributed by atoms with Gasteiger partial charge in [-0.2, -0.15) is 0 Å². The molecular formula is C13H16N2O2. The highest BCUT2D eigenvalue weighted by Gasteiger charge is 2.07. The zero-order valence-electron chi connectivity index (χ0n) is 9.97. The number of amides is 1. The number of nitrogens with zero attached hydrogens (tertiary/aromatic N) is 1. The highest BCUT2D eigenvalue weighted by Crippen LogP contribution is 2.16. The lowest BCUT2D eigenvalue weighted by molar-refractivity contribution is 0.0924. The minimum absolute atomic E-state index is 0.156. The Hall–Kier alpha value is -1.81. The molecule has 0 bridgehead atoms. The van der Waals surface area contributed by atoms with E-state index in [-0.39, 0.29) is 12.5 Å². The molecule has 4 nitrogen and oxygen atoms in total. The maximum atomic E-state index is 11.8. The molecule has 2 N–H and O–H groups in total. The molecule has 0 fully saturated rings. The number of aliphatic hydroxyl groups is 1. The fourth-order valence-electron chi connectivity index (χ4n) is 1.77. The number of fused-ring (bicyclic) bond motifs is 1. The van der Waals surface area contributed by atoms with Crippen LogP contribution in [0.25, 0.3) is 10.9 Å². The molecule has 1 atom stereocenters. The monoisotopic (exact) mass is 232 g/mol. The molecule has 17 heavy (non-hydrogen) atoms. The van der Waals surface area contributed by atoms with Crippen molar-refractivity contribution in [1.82, 2.24) is 9.88 Å². The zero-order valence-corrected chi connectivity index (χ0v) is 9.97. The van der Waals surface area contributed by atoms with Crippen LogP contribution in [0.4, 0.5) is 0 Å². The Labute approximate surface area is 99.9 Å². The van der Waals surface area contributed by atoms with E-state index in [9.17, 15) is 4.79 Å². The first-order valence-electron chi connectivity index (χ1n) is 5.59. The normalized spacial score (nSPS) is 12.6. The van der Waals surface area contributed by atoms with Crippen LogP contribution in [0.5, 0.6) is 0 Å². The van der Waals surface area contributed by atoms with Crippen molar-refractivity contribution in [2.24, 2.45) is 7.05 Å². The van der Waals surface area contributed by atoms with Gasteiger partial charge in [-0.15, -0.1) is 0 Å². The second-order valence-electron chi connectivity index (χ2n) is 4.26. The zero-order chi connectivity index (χ0) is 12.4. The lowest BCUT2D eigenvalue weighted by Gasteiger charge is -2.07. The standard InChI is InChI=1S/C13H16N2O2/c1-9(16)8-14-13(17)11-3-4-12-10(7-11)5-6-15(12)2/h3-7,9,16H,8H2,1-2H3,(H,14,17). The second kappa shape index (κ2) is 4.59. The van der Waals surface area contributed by atoms with Crippen molar-refractivity contribution in [3.63, 3.8) is 0 Å². The van der Waals surface area contributed by atoms with Gasteiger partial charge >= 0.3 is 0 Å². The van der Waals surface area contributed by atoms with E-state index < -0.39 is 6.10 Å². The van der Waals surface area contributed by atoms with Crippen LogP contribution < -0.4 is 5.32 Å². The summed E-state index contributed by atoms with van der Waals surface area (Å²) in [6, 6.07) is 7.54. The summed E-state index contributed by atoms with van der Waals surface area (Å²) in [7, 11) is 1.97. The SMILES string of the molecule is CC(O)CNC(=O)c1ccc2c(ccn2C)c1. The Morgan fingerprint density at radius 3 is 2.94 bits per heavy atom. The molecule has 0 radical (unpaired) electrons. The number of hydrogen-bond donors (Lipinski definition) is 2. The molecule has 0 aliphatic rings. The molecule has 4 heteroatoms. The van der Waals surface area contributed by atoms with Crippen LogP contribution in [0.1, 0.15) is 17.3 Å². The number of benzene rings is 1. The largest absolute Gasteiger partial charge is 0.392 e. The third-order valence-corrected chi connectivity index (χ3v) is 2.71. The van der Waals surface area contributed by atoms with Crippen molar-refractivity contribution in [3.8, 4) is 0 Å². The molecule has 0 aliphatic heterocycles. The van der Waals surface area contributed by atoms with Crippen molar-refractivity contribution in [2.75, 3.05) is 6.54 Å². The predicted octanol–water partition coefficient (Wildman–Crippen LogP) is 1.29. The number of aryl methyl sites for hydroxylation is 1. The topological polar surface area (TPSA) is 54.3 Å². The van der Waals surface area contributed by atoms with E-state index in [1.165, 1.54) is 0 Å². The van der Waals surface area contributed by atoms with Crippen LogP contribution in [-0.4, -0.2) is 28.2 Å². The molecule has 2 aromatic rings. The van der Waals surface area contributed by atoms with E-state index >= 15 is 0 Å². The van der Waals surface area contributed by atoms with Gasteiger partial charge in [0.05, 0.1) is 6.10 Å².